The zero-order valence-corrected chi connectivity index (χ0v) is 36.7. The fourth-order valence-electron chi connectivity index (χ4n) is 9.20. The second kappa shape index (κ2) is 17.8. The van der Waals surface area contributed by atoms with Crippen LogP contribution in [0.15, 0.2) is 161 Å². The Morgan fingerprint density at radius 1 is 0.547 bits per heavy atom. The first kappa shape index (κ1) is 42.6. The minimum atomic E-state index is -1.17. The summed E-state index contributed by atoms with van der Waals surface area (Å²) in [5, 5.41) is 0. The SMILES string of the molecule is COc1ccc(C2(c3ccc(OC)cc3)OC[C@@H]3O[C@@H](n4cc(C)c(=O)[nH]c4=O)C[C@H]3OC(c3ccc(C)cc3)(c3ccc(OC)cc3)c3ccc(cc3)CCc3ccc2cc3)cc1. The van der Waals surface area contributed by atoms with Crippen LogP contribution in [0.25, 0.3) is 0 Å². The molecule has 0 spiro atoms. The number of methoxy groups -OCH3 is 3. The van der Waals surface area contributed by atoms with Crippen molar-refractivity contribution in [3.8, 4) is 17.2 Å². The number of rotatable bonds is 8. The fraction of sp³-hybridized carbons (Fsp3) is 0.259. The predicted octanol–water partition coefficient (Wildman–Crippen LogP) is 8.95. The van der Waals surface area contributed by atoms with Crippen molar-refractivity contribution in [1.29, 1.82) is 0 Å². The van der Waals surface area contributed by atoms with Gasteiger partial charge in [-0.3, -0.25) is 14.3 Å². The average Bonchev–Trinajstić information content (AvgIpc) is 3.74. The van der Waals surface area contributed by atoms with Crippen molar-refractivity contribution in [3.63, 3.8) is 0 Å². The summed E-state index contributed by atoms with van der Waals surface area (Å²) in [6, 6.07) is 49.6. The lowest BCUT2D eigenvalue weighted by molar-refractivity contribution is -0.126. The zero-order valence-electron chi connectivity index (χ0n) is 36.7. The van der Waals surface area contributed by atoms with Crippen LogP contribution in [0.3, 0.4) is 0 Å². The van der Waals surface area contributed by atoms with E-state index in [9.17, 15) is 9.59 Å². The van der Waals surface area contributed by atoms with Crippen LogP contribution in [-0.4, -0.2) is 49.7 Å². The monoisotopic (exact) mass is 856 g/mol. The number of ether oxygens (including phenoxy) is 6. The third-order valence-electron chi connectivity index (χ3n) is 12.8. The van der Waals surface area contributed by atoms with Crippen molar-refractivity contribution in [2.75, 3.05) is 27.9 Å². The fourth-order valence-corrected chi connectivity index (χ4v) is 9.20. The molecule has 11 rings (SSSR count). The molecule has 0 radical (unpaired) electrons. The van der Waals surface area contributed by atoms with Crippen LogP contribution in [0.5, 0.6) is 17.2 Å². The van der Waals surface area contributed by atoms with Gasteiger partial charge in [0.15, 0.2) is 0 Å². The van der Waals surface area contributed by atoms with E-state index < -0.39 is 40.9 Å². The smallest absolute Gasteiger partial charge is 0.330 e. The van der Waals surface area contributed by atoms with Gasteiger partial charge in [0.25, 0.3) is 5.56 Å². The van der Waals surface area contributed by atoms with E-state index in [0.717, 1.165) is 51.8 Å². The topological polar surface area (TPSA) is 110 Å². The molecule has 0 amide bonds. The molecule has 1 fully saturated rings. The lowest BCUT2D eigenvalue weighted by Crippen LogP contribution is -2.43. The van der Waals surface area contributed by atoms with Crippen LogP contribution in [0.4, 0.5) is 0 Å². The minimum absolute atomic E-state index is 0.0313. The quantitative estimate of drug-likeness (QED) is 0.161. The Labute approximate surface area is 373 Å². The van der Waals surface area contributed by atoms with E-state index in [-0.39, 0.29) is 13.0 Å². The maximum Gasteiger partial charge on any atom is 0.330 e. The van der Waals surface area contributed by atoms with E-state index in [1.165, 1.54) is 15.7 Å². The number of hydrogen-bond acceptors (Lipinski definition) is 8. The number of hydrogen-bond donors (Lipinski definition) is 1. The van der Waals surface area contributed by atoms with Crippen molar-refractivity contribution in [3.05, 3.63) is 228 Å². The second-order valence-corrected chi connectivity index (χ2v) is 16.6. The molecule has 4 atom stereocenters. The Bertz CT molecular complexity index is 2770. The Kier molecular flexibility index (Phi) is 11.8. The molecule has 1 saturated heterocycles. The first-order valence-electron chi connectivity index (χ1n) is 21.6. The van der Waals surface area contributed by atoms with Crippen molar-refractivity contribution < 1.29 is 28.4 Å². The van der Waals surface area contributed by atoms with Gasteiger partial charge in [-0.1, -0.05) is 115 Å². The predicted molar refractivity (Wildman–Crippen MR) is 246 cm³/mol. The Hall–Kier alpha value is -6.72. The Balaban J connectivity index is 1.27. The molecule has 10 nitrogen and oxygen atoms in total. The summed E-state index contributed by atoms with van der Waals surface area (Å²) >= 11 is 0. The van der Waals surface area contributed by atoms with Gasteiger partial charge in [0.05, 0.1) is 34.0 Å². The Morgan fingerprint density at radius 2 is 0.953 bits per heavy atom. The minimum Gasteiger partial charge on any atom is -0.497 e. The number of fused-ring (bicyclic) bond motifs is 2. The molecule has 10 heteroatoms. The van der Waals surface area contributed by atoms with E-state index in [2.05, 4.69) is 84.7 Å². The average molecular weight is 857 g/mol. The standard InChI is InChI=1S/C54H52N2O8/c1-35-6-14-42(15-7-35)54(44-24-30-47(61-5)31-25-44)43-18-12-38(13-19-43)9-8-37-10-16-39(17-11-37)53(40-20-26-45(59-3)27-21-40,41-22-28-46(60-4)29-23-41)62-34-49-48(64-54)32-50(63-49)56-33-36(2)51(57)55-52(56)58/h6-7,10-31,33,48-50H,8-9,32,34H2,1-5H3,(H,55,57,58)/t48-,49+,50-,54?/m1/s1. The normalized spacial score (nSPS) is 20.6. The molecule has 0 saturated carbocycles. The highest BCUT2D eigenvalue weighted by Crippen LogP contribution is 2.47. The molecule has 5 heterocycles. The van der Waals surface area contributed by atoms with Crippen LogP contribution < -0.4 is 25.5 Å². The summed E-state index contributed by atoms with van der Waals surface area (Å²) in [5.74, 6) is 2.14. The van der Waals surface area contributed by atoms with E-state index in [1.54, 1.807) is 34.4 Å². The van der Waals surface area contributed by atoms with Gasteiger partial charge in [-0.2, -0.15) is 0 Å². The molecule has 7 aromatic rings. The van der Waals surface area contributed by atoms with E-state index in [1.807, 2.05) is 72.8 Å². The highest BCUT2D eigenvalue weighted by molar-refractivity contribution is 5.52. The van der Waals surface area contributed by atoms with Gasteiger partial charge < -0.3 is 28.4 Å². The molecule has 0 aliphatic carbocycles. The number of nitrogens with zero attached hydrogens (tertiary/aromatic N) is 1. The van der Waals surface area contributed by atoms with Gasteiger partial charge in [-0.25, -0.2) is 4.79 Å². The molecule has 64 heavy (non-hydrogen) atoms. The van der Waals surface area contributed by atoms with Crippen molar-refractivity contribution in [1.82, 2.24) is 9.55 Å². The maximum atomic E-state index is 13.6. The van der Waals surface area contributed by atoms with Gasteiger partial charge in [0.2, 0.25) is 0 Å². The van der Waals surface area contributed by atoms with Gasteiger partial charge >= 0.3 is 5.69 Å². The number of nitrogens with one attached hydrogen (secondary N) is 1. The molecule has 326 valence electrons. The third-order valence-corrected chi connectivity index (χ3v) is 12.8. The zero-order chi connectivity index (χ0) is 44.4. The molecule has 6 aromatic carbocycles. The maximum absolute atomic E-state index is 13.6. The molecule has 4 aliphatic heterocycles. The largest absolute Gasteiger partial charge is 0.497 e. The molecule has 1 aromatic heterocycles. The molecule has 1 N–H and O–H groups in total. The summed E-state index contributed by atoms with van der Waals surface area (Å²) in [4.78, 5) is 28.7. The van der Waals surface area contributed by atoms with E-state index in [0.29, 0.717) is 22.8 Å². The van der Waals surface area contributed by atoms with Crippen LogP contribution in [0.1, 0.15) is 68.3 Å². The number of benzene rings is 6. The van der Waals surface area contributed by atoms with E-state index in [4.69, 9.17) is 28.4 Å². The summed E-state index contributed by atoms with van der Waals surface area (Å²) in [6.07, 6.45) is 1.25. The summed E-state index contributed by atoms with van der Waals surface area (Å²) in [6.45, 7) is 3.77. The first-order valence-corrected chi connectivity index (χ1v) is 21.6. The highest BCUT2D eigenvalue weighted by Gasteiger charge is 2.48. The van der Waals surface area contributed by atoms with Crippen molar-refractivity contribution in [2.24, 2.45) is 0 Å². The van der Waals surface area contributed by atoms with Crippen LogP contribution in [0, 0.1) is 13.8 Å². The Morgan fingerprint density at radius 3 is 1.39 bits per heavy atom. The van der Waals surface area contributed by atoms with Gasteiger partial charge in [-0.15, -0.1) is 0 Å². The molecular weight excluding hydrogens is 805 g/mol. The summed E-state index contributed by atoms with van der Waals surface area (Å²) in [5.41, 5.74) is 5.87. The lowest BCUT2D eigenvalue weighted by Gasteiger charge is -2.40. The second-order valence-electron chi connectivity index (χ2n) is 16.6. The molecule has 1 unspecified atom stereocenters. The summed E-state index contributed by atoms with van der Waals surface area (Å²) < 4.78 is 40.7. The third kappa shape index (κ3) is 7.93. The number of aryl methyl sites for hydroxylation is 4. The van der Waals surface area contributed by atoms with Crippen molar-refractivity contribution in [2.45, 2.75) is 62.7 Å². The number of aromatic nitrogens is 2. The number of H-pyrrole nitrogens is 1. The highest BCUT2D eigenvalue weighted by atomic mass is 16.6. The summed E-state index contributed by atoms with van der Waals surface area (Å²) in [7, 11) is 4.95. The molecule has 4 aliphatic rings. The lowest BCUT2D eigenvalue weighted by atomic mass is 9.79. The van der Waals surface area contributed by atoms with Gasteiger partial charge in [0.1, 0.15) is 40.8 Å². The van der Waals surface area contributed by atoms with Gasteiger partial charge in [-0.05, 0) is 108 Å². The van der Waals surface area contributed by atoms with Gasteiger partial charge in [0, 0.05) is 18.2 Å². The molecule has 4 bridgehead atoms. The number of aromatic amines is 1. The van der Waals surface area contributed by atoms with E-state index >= 15 is 0 Å². The van der Waals surface area contributed by atoms with Crippen LogP contribution in [0.2, 0.25) is 0 Å². The van der Waals surface area contributed by atoms with Crippen LogP contribution in [-0.2, 0) is 38.3 Å². The molecular formula is C54H52N2O8. The first-order chi connectivity index (χ1) is 31.1. The van der Waals surface area contributed by atoms with Crippen molar-refractivity contribution >= 4 is 0 Å². The van der Waals surface area contributed by atoms with Crippen LogP contribution >= 0.6 is 0 Å².